The summed E-state index contributed by atoms with van der Waals surface area (Å²) in [7, 11) is -0.217. The maximum absolute atomic E-state index is 11.8. The van der Waals surface area contributed by atoms with Crippen LogP contribution in [0.15, 0.2) is 46.4 Å². The summed E-state index contributed by atoms with van der Waals surface area (Å²) in [5.74, 6) is 0.797. The number of aromatic amines is 1. The topological polar surface area (TPSA) is 138 Å². The number of pyridine rings is 1. The fraction of sp³-hybridized carbons (Fsp3) is 0.423. The number of nitrogens with one attached hydrogen (secondary N) is 1. The molecule has 1 aliphatic heterocycles. The summed E-state index contributed by atoms with van der Waals surface area (Å²) in [5, 5.41) is 1.51. The minimum atomic E-state index is -3.38. The third-order valence-corrected chi connectivity index (χ3v) is 8.07. The van der Waals surface area contributed by atoms with E-state index in [1.54, 1.807) is 20.3 Å². The van der Waals surface area contributed by atoms with Crippen molar-refractivity contribution in [2.24, 2.45) is 4.99 Å². The SMILES string of the molecule is CCC1N=C(c2cc3cc(Oc4ccc(S(C)(=O)=O)cn4)cc(OC(COC)COC)c3[nH]2)SC1OC(C)=O. The zero-order valence-electron chi connectivity index (χ0n) is 22.3. The highest BCUT2D eigenvalue weighted by molar-refractivity contribution is 8.15. The van der Waals surface area contributed by atoms with Crippen LogP contribution >= 0.6 is 11.8 Å². The largest absolute Gasteiger partial charge is 0.483 e. The number of H-pyrrole nitrogens is 1. The van der Waals surface area contributed by atoms with Gasteiger partial charge in [0.2, 0.25) is 5.88 Å². The van der Waals surface area contributed by atoms with Crippen molar-refractivity contribution in [2.75, 3.05) is 33.7 Å². The molecule has 39 heavy (non-hydrogen) atoms. The third kappa shape index (κ3) is 7.10. The Morgan fingerprint density at radius 1 is 1.15 bits per heavy atom. The number of aliphatic imine (C=N–C) groups is 1. The molecular formula is C26H31N3O8S2. The number of esters is 1. The molecule has 11 nitrogen and oxygen atoms in total. The normalized spacial score (nSPS) is 17.4. The van der Waals surface area contributed by atoms with Crippen LogP contribution in [0.4, 0.5) is 0 Å². The summed E-state index contributed by atoms with van der Waals surface area (Å²) in [5.41, 5.74) is 1.07. The number of hydrogen-bond donors (Lipinski definition) is 1. The van der Waals surface area contributed by atoms with Gasteiger partial charge in [0.1, 0.15) is 22.6 Å². The molecule has 0 saturated heterocycles. The number of sulfone groups is 1. The Morgan fingerprint density at radius 3 is 2.49 bits per heavy atom. The fourth-order valence-electron chi connectivity index (χ4n) is 4.00. The molecule has 1 aliphatic rings. The number of carbonyl (C=O) groups is 1. The van der Waals surface area contributed by atoms with Gasteiger partial charge in [-0.25, -0.2) is 13.4 Å². The van der Waals surface area contributed by atoms with Crippen molar-refractivity contribution in [1.82, 2.24) is 9.97 Å². The molecule has 4 rings (SSSR count). The summed E-state index contributed by atoms with van der Waals surface area (Å²) < 4.78 is 51.8. The van der Waals surface area contributed by atoms with Gasteiger partial charge >= 0.3 is 5.97 Å². The number of hydrogen-bond acceptors (Lipinski definition) is 11. The molecule has 0 aliphatic carbocycles. The van der Waals surface area contributed by atoms with E-state index in [1.807, 2.05) is 19.1 Å². The second-order valence-corrected chi connectivity index (χ2v) is 12.0. The van der Waals surface area contributed by atoms with Gasteiger partial charge in [0, 0.05) is 51.1 Å². The van der Waals surface area contributed by atoms with Gasteiger partial charge in [0.05, 0.1) is 35.4 Å². The van der Waals surface area contributed by atoms with E-state index in [0.29, 0.717) is 30.2 Å². The lowest BCUT2D eigenvalue weighted by Gasteiger charge is -2.19. The monoisotopic (exact) mass is 577 g/mol. The minimum absolute atomic E-state index is 0.0962. The van der Waals surface area contributed by atoms with Crippen molar-refractivity contribution >= 4 is 43.5 Å². The Morgan fingerprint density at radius 2 is 1.90 bits per heavy atom. The van der Waals surface area contributed by atoms with Crippen LogP contribution in [0.5, 0.6) is 17.4 Å². The predicted molar refractivity (Wildman–Crippen MR) is 148 cm³/mol. The van der Waals surface area contributed by atoms with Gasteiger partial charge in [-0.1, -0.05) is 18.7 Å². The van der Waals surface area contributed by atoms with E-state index in [-0.39, 0.29) is 22.8 Å². The third-order valence-electron chi connectivity index (χ3n) is 5.78. The fourth-order valence-corrected chi connectivity index (χ4v) is 5.81. The van der Waals surface area contributed by atoms with Gasteiger partial charge in [0.15, 0.2) is 15.3 Å². The number of fused-ring (bicyclic) bond motifs is 1. The van der Waals surface area contributed by atoms with E-state index < -0.39 is 21.4 Å². The Hall–Kier alpha value is -3.13. The summed E-state index contributed by atoms with van der Waals surface area (Å²) in [6.07, 6.45) is 2.70. The lowest BCUT2D eigenvalue weighted by molar-refractivity contribution is -0.142. The molecule has 0 amide bonds. The highest BCUT2D eigenvalue weighted by Crippen LogP contribution is 2.38. The summed E-state index contributed by atoms with van der Waals surface area (Å²) in [6.45, 7) is 3.98. The first-order valence-electron chi connectivity index (χ1n) is 12.2. The van der Waals surface area contributed by atoms with Gasteiger partial charge in [-0.2, -0.15) is 0 Å². The molecule has 3 heterocycles. The molecule has 0 saturated carbocycles. The van der Waals surface area contributed by atoms with E-state index in [0.717, 1.165) is 28.8 Å². The molecule has 2 aromatic heterocycles. The number of carbonyl (C=O) groups excluding carboxylic acids is 1. The summed E-state index contributed by atoms with van der Waals surface area (Å²) >= 11 is 1.39. The van der Waals surface area contributed by atoms with E-state index in [2.05, 4.69) is 9.97 Å². The first-order valence-corrected chi connectivity index (χ1v) is 15.0. The Bertz CT molecular complexity index is 1450. The highest BCUT2D eigenvalue weighted by atomic mass is 32.2. The van der Waals surface area contributed by atoms with Crippen molar-refractivity contribution in [3.63, 3.8) is 0 Å². The van der Waals surface area contributed by atoms with Crippen molar-refractivity contribution in [1.29, 1.82) is 0 Å². The Balaban J connectivity index is 1.70. The van der Waals surface area contributed by atoms with E-state index >= 15 is 0 Å². The lowest BCUT2D eigenvalue weighted by Crippen LogP contribution is -2.27. The molecule has 0 fully saturated rings. The predicted octanol–water partition coefficient (Wildman–Crippen LogP) is 3.96. The van der Waals surface area contributed by atoms with Gasteiger partial charge in [0.25, 0.3) is 0 Å². The molecular weight excluding hydrogens is 546 g/mol. The van der Waals surface area contributed by atoms with Crippen LogP contribution in [0.25, 0.3) is 10.9 Å². The molecule has 3 aromatic rings. The van der Waals surface area contributed by atoms with Gasteiger partial charge in [-0.05, 0) is 24.6 Å². The smallest absolute Gasteiger partial charge is 0.303 e. The average Bonchev–Trinajstić information content (AvgIpc) is 3.48. The van der Waals surface area contributed by atoms with Crippen LogP contribution in [0, 0.1) is 0 Å². The van der Waals surface area contributed by atoms with Gasteiger partial charge in [-0.15, -0.1) is 0 Å². The number of ether oxygens (including phenoxy) is 5. The number of benzene rings is 1. The summed E-state index contributed by atoms with van der Waals surface area (Å²) in [4.78, 5) is 24.0. The molecule has 1 N–H and O–H groups in total. The second-order valence-electron chi connectivity index (χ2n) is 8.93. The standard InChI is InChI=1S/C26H31N3O8S2/c1-6-20-26(35-15(2)30)38-25(29-20)21-10-16-9-17(37-23-8-7-19(12-27-23)39(5,31)32)11-22(24(16)28-21)36-18(13-33-3)14-34-4/h7-12,18,20,26,28H,6,13-14H2,1-5H3. The number of methoxy groups -OCH3 is 2. The number of thioether (sulfide) groups is 1. The molecule has 0 spiro atoms. The molecule has 1 aromatic carbocycles. The van der Waals surface area contributed by atoms with Crippen LogP contribution in [0.3, 0.4) is 0 Å². The van der Waals surface area contributed by atoms with Crippen LogP contribution in [0.1, 0.15) is 26.0 Å². The lowest BCUT2D eigenvalue weighted by atomic mass is 10.2. The van der Waals surface area contributed by atoms with Crippen LogP contribution in [0.2, 0.25) is 0 Å². The second kappa shape index (κ2) is 12.4. The molecule has 2 unspecified atom stereocenters. The van der Waals surface area contributed by atoms with Gasteiger partial charge < -0.3 is 28.7 Å². The quantitative estimate of drug-likeness (QED) is 0.315. The van der Waals surface area contributed by atoms with Crippen LogP contribution in [-0.4, -0.2) is 80.7 Å². The number of rotatable bonds is 12. The molecule has 0 bridgehead atoms. The molecule has 13 heteroatoms. The maximum Gasteiger partial charge on any atom is 0.303 e. The van der Waals surface area contributed by atoms with Crippen molar-refractivity contribution < 1.29 is 36.9 Å². The average molecular weight is 578 g/mol. The van der Waals surface area contributed by atoms with Crippen LogP contribution < -0.4 is 9.47 Å². The zero-order chi connectivity index (χ0) is 28.2. The van der Waals surface area contributed by atoms with Crippen LogP contribution in [-0.2, 0) is 28.8 Å². The van der Waals surface area contributed by atoms with E-state index in [4.69, 9.17) is 28.7 Å². The minimum Gasteiger partial charge on any atom is -0.483 e. The first kappa shape index (κ1) is 28.9. The first-order chi connectivity index (χ1) is 18.6. The van der Waals surface area contributed by atoms with E-state index in [1.165, 1.54) is 37.0 Å². The number of aromatic nitrogens is 2. The van der Waals surface area contributed by atoms with E-state index in [9.17, 15) is 13.2 Å². The molecule has 2 atom stereocenters. The molecule has 210 valence electrons. The number of nitrogens with zero attached hydrogens (tertiary/aromatic N) is 2. The van der Waals surface area contributed by atoms with Crippen molar-refractivity contribution in [2.45, 2.75) is 42.7 Å². The Kier molecular flexibility index (Phi) is 9.15. The summed E-state index contributed by atoms with van der Waals surface area (Å²) in [6, 6.07) is 8.24. The zero-order valence-corrected chi connectivity index (χ0v) is 23.9. The van der Waals surface area contributed by atoms with Gasteiger partial charge in [-0.3, -0.25) is 9.79 Å². The van der Waals surface area contributed by atoms with Crippen molar-refractivity contribution in [3.05, 3.63) is 42.2 Å². The highest BCUT2D eigenvalue weighted by Gasteiger charge is 2.33. The molecule has 0 radical (unpaired) electrons. The van der Waals surface area contributed by atoms with Crippen molar-refractivity contribution in [3.8, 4) is 17.4 Å². The Labute approximate surface area is 231 Å². The maximum atomic E-state index is 11.8.